The standard InChI is InChI=1S/C28H22O2/c1-28(23-14-6-3-7-15-23)26(29)25(27(28)30)24(20-11-4-2-5-12-20)22-17-16-19-10-8-9-13-21(19)18-22/h2-18,24,29H,1H3. The molecule has 0 aromatic heterocycles. The Morgan fingerprint density at radius 2 is 1.30 bits per heavy atom. The van der Waals surface area contributed by atoms with E-state index in [9.17, 15) is 9.90 Å². The second kappa shape index (κ2) is 7.00. The Bertz CT molecular complexity index is 1270. The van der Waals surface area contributed by atoms with Crippen molar-refractivity contribution < 1.29 is 9.90 Å². The van der Waals surface area contributed by atoms with Crippen molar-refractivity contribution in [3.8, 4) is 0 Å². The van der Waals surface area contributed by atoms with Gasteiger partial charge in [0, 0.05) is 11.5 Å². The molecule has 1 N–H and O–H groups in total. The first kappa shape index (κ1) is 18.4. The number of Topliss-reactive ketones (excluding diaryl/α,β-unsaturated/α-hetero) is 1. The number of aliphatic hydroxyl groups is 1. The molecule has 5 rings (SSSR count). The monoisotopic (exact) mass is 390 g/mol. The zero-order valence-corrected chi connectivity index (χ0v) is 16.7. The fourth-order valence-corrected chi connectivity index (χ4v) is 4.56. The van der Waals surface area contributed by atoms with E-state index >= 15 is 0 Å². The van der Waals surface area contributed by atoms with Crippen LogP contribution in [0.15, 0.2) is 114 Å². The molecule has 0 saturated carbocycles. The number of carbonyl (C=O) groups excluding carboxylic acids is 1. The normalized spacial score (nSPS) is 19.6. The third kappa shape index (κ3) is 2.68. The summed E-state index contributed by atoms with van der Waals surface area (Å²) in [6, 6.07) is 33.9. The lowest BCUT2D eigenvalue weighted by Crippen LogP contribution is -2.47. The van der Waals surface area contributed by atoms with Crippen LogP contribution in [-0.4, -0.2) is 10.9 Å². The van der Waals surface area contributed by atoms with Crippen LogP contribution in [0.1, 0.15) is 29.5 Å². The highest BCUT2D eigenvalue weighted by Gasteiger charge is 2.54. The topological polar surface area (TPSA) is 37.3 Å². The second-order valence-corrected chi connectivity index (χ2v) is 8.03. The average molecular weight is 390 g/mol. The molecule has 0 radical (unpaired) electrons. The Hall–Kier alpha value is -3.65. The van der Waals surface area contributed by atoms with Gasteiger partial charge < -0.3 is 5.11 Å². The summed E-state index contributed by atoms with van der Waals surface area (Å²) >= 11 is 0. The minimum atomic E-state index is -0.986. The number of fused-ring (bicyclic) bond motifs is 1. The molecule has 146 valence electrons. The molecule has 4 aromatic rings. The lowest BCUT2D eigenvalue weighted by molar-refractivity contribution is -0.123. The zero-order valence-electron chi connectivity index (χ0n) is 16.7. The fourth-order valence-electron chi connectivity index (χ4n) is 4.56. The van der Waals surface area contributed by atoms with Crippen molar-refractivity contribution in [2.45, 2.75) is 18.3 Å². The first-order valence-electron chi connectivity index (χ1n) is 10.2. The number of allylic oxidation sites excluding steroid dienone is 2. The van der Waals surface area contributed by atoms with Crippen LogP contribution in [0.2, 0.25) is 0 Å². The molecule has 2 heteroatoms. The molecule has 0 bridgehead atoms. The Labute approximate surface area is 176 Å². The molecule has 1 aliphatic rings. The molecular formula is C28H22O2. The Morgan fingerprint density at radius 1 is 0.700 bits per heavy atom. The summed E-state index contributed by atoms with van der Waals surface area (Å²) in [4.78, 5) is 13.5. The van der Waals surface area contributed by atoms with Gasteiger partial charge in [-0.3, -0.25) is 4.79 Å². The van der Waals surface area contributed by atoms with Gasteiger partial charge in [-0.1, -0.05) is 103 Å². The lowest BCUT2D eigenvalue weighted by atomic mass is 9.60. The number of hydrogen-bond acceptors (Lipinski definition) is 2. The van der Waals surface area contributed by atoms with Crippen molar-refractivity contribution >= 4 is 16.6 Å². The molecule has 0 heterocycles. The molecule has 30 heavy (non-hydrogen) atoms. The van der Waals surface area contributed by atoms with Gasteiger partial charge in [-0.25, -0.2) is 0 Å². The van der Waals surface area contributed by atoms with E-state index in [2.05, 4.69) is 30.3 Å². The van der Waals surface area contributed by atoms with E-state index in [1.165, 1.54) is 0 Å². The Morgan fingerprint density at radius 3 is 1.97 bits per heavy atom. The molecule has 2 unspecified atom stereocenters. The van der Waals surface area contributed by atoms with Gasteiger partial charge in [0.2, 0.25) is 0 Å². The minimum absolute atomic E-state index is 0.0202. The molecule has 0 amide bonds. The first-order valence-corrected chi connectivity index (χ1v) is 10.2. The van der Waals surface area contributed by atoms with Crippen LogP contribution in [0.25, 0.3) is 10.8 Å². The van der Waals surface area contributed by atoms with Gasteiger partial charge in [0.25, 0.3) is 0 Å². The van der Waals surface area contributed by atoms with E-state index in [0.717, 1.165) is 27.5 Å². The van der Waals surface area contributed by atoms with Crippen molar-refractivity contribution in [1.82, 2.24) is 0 Å². The largest absolute Gasteiger partial charge is 0.510 e. The Balaban J connectivity index is 1.69. The molecule has 2 nitrogen and oxygen atoms in total. The van der Waals surface area contributed by atoms with E-state index in [1.54, 1.807) is 0 Å². The first-order chi connectivity index (χ1) is 14.6. The van der Waals surface area contributed by atoms with Crippen molar-refractivity contribution in [2.24, 2.45) is 0 Å². The number of hydrogen-bond donors (Lipinski definition) is 1. The maximum Gasteiger partial charge on any atom is 0.181 e. The smallest absolute Gasteiger partial charge is 0.181 e. The summed E-state index contributed by atoms with van der Waals surface area (Å²) in [5.74, 6) is -0.158. The van der Waals surface area contributed by atoms with Crippen LogP contribution in [0.4, 0.5) is 0 Å². The van der Waals surface area contributed by atoms with E-state index in [0.29, 0.717) is 5.57 Å². The highest BCUT2D eigenvalue weighted by Crippen LogP contribution is 2.50. The molecule has 1 aliphatic carbocycles. The van der Waals surface area contributed by atoms with Crippen LogP contribution in [0.3, 0.4) is 0 Å². The van der Waals surface area contributed by atoms with E-state index in [4.69, 9.17) is 0 Å². The van der Waals surface area contributed by atoms with Gasteiger partial charge in [-0.15, -0.1) is 0 Å². The summed E-state index contributed by atoms with van der Waals surface area (Å²) < 4.78 is 0. The minimum Gasteiger partial charge on any atom is -0.510 e. The fraction of sp³-hybridized carbons (Fsp3) is 0.107. The quantitative estimate of drug-likeness (QED) is 0.442. The third-order valence-corrected chi connectivity index (χ3v) is 6.31. The van der Waals surface area contributed by atoms with E-state index in [-0.39, 0.29) is 17.5 Å². The van der Waals surface area contributed by atoms with Crippen molar-refractivity contribution in [2.75, 3.05) is 0 Å². The number of ketones is 1. The maximum absolute atomic E-state index is 13.5. The van der Waals surface area contributed by atoms with Gasteiger partial charge >= 0.3 is 0 Å². The summed E-state index contributed by atoms with van der Waals surface area (Å²) in [7, 11) is 0. The van der Waals surface area contributed by atoms with Gasteiger partial charge in [0.1, 0.15) is 11.2 Å². The van der Waals surface area contributed by atoms with E-state index in [1.807, 2.05) is 79.7 Å². The summed E-state index contributed by atoms with van der Waals surface area (Å²) in [6.45, 7) is 1.81. The van der Waals surface area contributed by atoms with Crippen LogP contribution in [0.5, 0.6) is 0 Å². The predicted octanol–water partition coefficient (Wildman–Crippen LogP) is 6.32. The molecular weight excluding hydrogens is 368 g/mol. The van der Waals surface area contributed by atoms with Crippen molar-refractivity contribution in [3.63, 3.8) is 0 Å². The number of aliphatic hydroxyl groups excluding tert-OH is 1. The zero-order chi connectivity index (χ0) is 20.7. The molecule has 4 aromatic carbocycles. The van der Waals surface area contributed by atoms with Crippen molar-refractivity contribution in [1.29, 1.82) is 0 Å². The molecule has 0 aliphatic heterocycles. The summed E-state index contributed by atoms with van der Waals surface area (Å²) in [5.41, 5.74) is 2.33. The maximum atomic E-state index is 13.5. The molecule has 0 spiro atoms. The summed E-state index contributed by atoms with van der Waals surface area (Å²) in [6.07, 6.45) is 0. The highest BCUT2D eigenvalue weighted by atomic mass is 16.3. The van der Waals surface area contributed by atoms with Crippen LogP contribution >= 0.6 is 0 Å². The number of benzene rings is 4. The van der Waals surface area contributed by atoms with Crippen LogP contribution in [-0.2, 0) is 10.2 Å². The molecule has 0 saturated heterocycles. The molecule has 2 atom stereocenters. The molecule has 0 fully saturated rings. The number of carbonyl (C=O) groups is 1. The average Bonchev–Trinajstić information content (AvgIpc) is 2.82. The van der Waals surface area contributed by atoms with Crippen LogP contribution in [0, 0.1) is 0 Å². The SMILES string of the molecule is CC1(c2ccccc2)C(=O)C(C(c2ccccc2)c2ccc3ccccc3c2)=C1O. The Kier molecular flexibility index (Phi) is 4.29. The predicted molar refractivity (Wildman–Crippen MR) is 121 cm³/mol. The third-order valence-electron chi connectivity index (χ3n) is 6.31. The van der Waals surface area contributed by atoms with Gasteiger partial charge in [0.15, 0.2) is 5.78 Å². The summed E-state index contributed by atoms with van der Waals surface area (Å²) in [5, 5.41) is 13.5. The number of rotatable bonds is 4. The second-order valence-electron chi connectivity index (χ2n) is 8.03. The lowest BCUT2D eigenvalue weighted by Gasteiger charge is -2.41. The van der Waals surface area contributed by atoms with Crippen molar-refractivity contribution in [3.05, 3.63) is 131 Å². The van der Waals surface area contributed by atoms with Gasteiger partial charge in [-0.05, 0) is 34.4 Å². The van der Waals surface area contributed by atoms with E-state index < -0.39 is 5.41 Å². The van der Waals surface area contributed by atoms with Gasteiger partial charge in [-0.2, -0.15) is 0 Å². The van der Waals surface area contributed by atoms with Crippen LogP contribution < -0.4 is 0 Å². The highest BCUT2D eigenvalue weighted by molar-refractivity contribution is 6.14. The van der Waals surface area contributed by atoms with Gasteiger partial charge in [0.05, 0.1) is 0 Å².